The van der Waals surface area contributed by atoms with Gasteiger partial charge in [-0.05, 0) is 333 Å². The number of rotatable bonds is 18. The van der Waals surface area contributed by atoms with E-state index in [0.717, 1.165) is 0 Å². The first-order valence-electron chi connectivity index (χ1n) is 57.5. The van der Waals surface area contributed by atoms with Crippen LogP contribution >= 0.6 is 47.5 Å². The molecule has 0 aromatic carbocycles. The van der Waals surface area contributed by atoms with E-state index in [0.29, 0.717) is 47.5 Å². The van der Waals surface area contributed by atoms with Crippen molar-refractivity contribution >= 4 is 69.7 Å². The van der Waals surface area contributed by atoms with Crippen molar-refractivity contribution in [1.29, 1.82) is 0 Å². The molecule has 732 valence electrons. The van der Waals surface area contributed by atoms with Gasteiger partial charge in [-0.2, -0.15) is 0 Å². The summed E-state index contributed by atoms with van der Waals surface area (Å²) in [6.45, 7) is 0. The Bertz CT molecular complexity index is 1830. The number of hydrogen-bond acceptors (Lipinski definition) is 6. The third-order valence-electron chi connectivity index (χ3n) is 35.9. The predicted molar refractivity (Wildman–Crippen MR) is 559 cm³/mol. The van der Waals surface area contributed by atoms with Gasteiger partial charge in [0.05, 0.1) is 0 Å². The molecular weight excluding hydrogens is 1670 g/mol. The van der Waals surface area contributed by atoms with Crippen molar-refractivity contribution < 1.29 is 43.1 Å². The highest BCUT2D eigenvalue weighted by molar-refractivity contribution is 7.61. The second-order valence-corrected chi connectivity index (χ2v) is 63.4. The van der Waals surface area contributed by atoms with E-state index in [1.54, 1.807) is 462 Å². The van der Waals surface area contributed by atoms with Gasteiger partial charge in [0.1, 0.15) is 0 Å². The minimum Gasteiger partial charge on any atom is -0.398 e. The van der Waals surface area contributed by atoms with Crippen LogP contribution in [0.25, 0.3) is 0 Å². The summed E-state index contributed by atoms with van der Waals surface area (Å²) in [6, 6.07) is 0. The van der Waals surface area contributed by atoms with Crippen molar-refractivity contribution in [3.63, 3.8) is 0 Å². The summed E-state index contributed by atoms with van der Waals surface area (Å²) in [6.07, 6.45) is 142. The molecule has 18 fully saturated rings. The van der Waals surface area contributed by atoms with Crippen molar-refractivity contribution in [2.45, 2.75) is 680 Å². The maximum absolute atomic E-state index is 10.1. The fourth-order valence-corrected chi connectivity index (χ4v) is 58.2. The predicted octanol–water partition coefficient (Wildman–Crippen LogP) is 35.6. The van der Waals surface area contributed by atoms with Crippen LogP contribution in [-0.2, 0) is 0 Å². The zero-order valence-electron chi connectivity index (χ0n) is 82.3. The van der Waals surface area contributed by atoms with Gasteiger partial charge in [0, 0.05) is 0 Å². The molecule has 0 heterocycles. The van der Waals surface area contributed by atoms with Gasteiger partial charge in [-0.15, -0.1) is 0 Å². The highest BCUT2D eigenvalue weighted by Gasteiger charge is 2.44. The lowest BCUT2D eigenvalue weighted by Gasteiger charge is -2.44. The van der Waals surface area contributed by atoms with Gasteiger partial charge in [0.25, 0.3) is 0 Å². The first kappa shape index (κ1) is 110. The molecule has 6 nitrogen and oxygen atoms in total. The van der Waals surface area contributed by atoms with Crippen LogP contribution in [0.15, 0.2) is 0 Å². The SMILES string of the molecule is C1CCC(P(C2CCCCC2)C2CCCCC2)CC1.C1CCC(P(C2CCCCC2)C2CCCCC2)CC1.C1CCC(P(C2CCCCC2)C2CCCCC2)CC1.C1CCC(P(C2CCCCC2)C2CCCCC2)CC1.C1CCC(P(C2CCCCC2)C2CCCCC2)CC1.C1CCC(P(C2CCCCC2)C2CCCCC2)CC1.OB(O)F.OB(O)F.OB(O)F. The average molecular weight is 1870 g/mol. The minimum absolute atomic E-state index is 0.385. The quantitative estimate of drug-likeness (QED) is 0.0601. The maximum atomic E-state index is 10.1. The van der Waals surface area contributed by atoms with Gasteiger partial charge in [0.2, 0.25) is 0 Å². The van der Waals surface area contributed by atoms with E-state index in [1.807, 2.05) is 0 Å². The molecule has 18 heteroatoms. The highest BCUT2D eigenvalue weighted by atomic mass is 31.1. The minimum atomic E-state index is -2.67. The first-order valence-corrected chi connectivity index (χ1v) is 66.8. The molecular formula is C108H204B3F3O6P6. The normalized spacial score (nSPS) is 26.8. The van der Waals surface area contributed by atoms with E-state index in [2.05, 4.69) is 0 Å². The van der Waals surface area contributed by atoms with Crippen molar-refractivity contribution in [1.82, 2.24) is 0 Å². The molecule has 18 aliphatic rings. The Kier molecular flexibility index (Phi) is 59.2. The molecule has 0 unspecified atom stereocenters. The van der Waals surface area contributed by atoms with Gasteiger partial charge in [-0.1, -0.05) is 394 Å². The summed E-state index contributed by atoms with van der Waals surface area (Å²) in [5, 5.41) is 41.7. The van der Waals surface area contributed by atoms with Crippen molar-refractivity contribution in [2.24, 2.45) is 0 Å². The Morgan fingerprint density at radius 3 is 0.183 bits per heavy atom. The third kappa shape index (κ3) is 41.6. The topological polar surface area (TPSA) is 121 Å². The number of hydrogen-bond donors (Lipinski definition) is 6. The molecule has 0 saturated heterocycles. The molecule has 18 rings (SSSR count). The molecule has 0 radical (unpaired) electrons. The average Bonchev–Trinajstić information content (AvgIpc) is 0.851. The van der Waals surface area contributed by atoms with Gasteiger partial charge < -0.3 is 30.1 Å². The summed E-state index contributed by atoms with van der Waals surface area (Å²) in [4.78, 5) is 0. The molecule has 0 aromatic heterocycles. The van der Waals surface area contributed by atoms with Gasteiger partial charge in [0.15, 0.2) is 0 Å². The molecule has 6 N–H and O–H groups in total. The van der Waals surface area contributed by atoms with Crippen molar-refractivity contribution in [3.05, 3.63) is 0 Å². The highest BCUT2D eigenvalue weighted by Crippen LogP contribution is 2.68. The maximum Gasteiger partial charge on any atom is 0.674 e. The van der Waals surface area contributed by atoms with Crippen LogP contribution in [0, 0.1) is 0 Å². The largest absolute Gasteiger partial charge is 0.674 e. The standard InChI is InChI=1S/6C18H33P.3BFH2O2/c6*1-4-10-16(11-5-1)19(17-12-6-2-7-13-17)18-14-8-3-9-15-18;3*2-1(3)4/h6*16-18H,1-15H2;3*3-4H. The number of halogens is 3. The van der Waals surface area contributed by atoms with Crippen molar-refractivity contribution in [2.75, 3.05) is 0 Å². The zero-order valence-corrected chi connectivity index (χ0v) is 87.6. The molecule has 18 saturated carbocycles. The smallest absolute Gasteiger partial charge is 0.398 e. The lowest BCUT2D eigenvalue weighted by Crippen LogP contribution is -2.28. The zero-order chi connectivity index (χ0) is 88.2. The van der Waals surface area contributed by atoms with Crippen LogP contribution < -0.4 is 0 Å². The molecule has 0 aliphatic heterocycles. The summed E-state index contributed by atoms with van der Waals surface area (Å²) < 4.78 is 30.3. The lowest BCUT2D eigenvalue weighted by atomic mass is 9.99. The van der Waals surface area contributed by atoms with E-state index in [1.165, 1.54) is 217 Å². The molecule has 0 aromatic rings. The van der Waals surface area contributed by atoms with E-state index in [4.69, 9.17) is 30.1 Å². The molecule has 18 aliphatic carbocycles. The van der Waals surface area contributed by atoms with E-state index in [9.17, 15) is 12.9 Å². The molecule has 0 amide bonds. The van der Waals surface area contributed by atoms with Gasteiger partial charge >= 0.3 is 22.2 Å². The van der Waals surface area contributed by atoms with Gasteiger partial charge in [-0.3, -0.25) is 12.9 Å². The summed E-state index contributed by atoms with van der Waals surface area (Å²) in [5.74, 6) is 0. The van der Waals surface area contributed by atoms with Crippen LogP contribution in [0.4, 0.5) is 12.9 Å². The Morgan fingerprint density at radius 1 is 0.103 bits per heavy atom. The first-order chi connectivity index (χ1) is 61.9. The Morgan fingerprint density at radius 2 is 0.143 bits per heavy atom. The Hall–Kier alpha value is 2.32. The fraction of sp³-hybridized carbons (Fsp3) is 1.00. The molecule has 126 heavy (non-hydrogen) atoms. The van der Waals surface area contributed by atoms with Crippen LogP contribution in [0.5, 0.6) is 0 Å². The van der Waals surface area contributed by atoms with Crippen LogP contribution in [0.2, 0.25) is 0 Å². The third-order valence-corrected chi connectivity index (χ3v) is 60.4. The van der Waals surface area contributed by atoms with Crippen LogP contribution in [-0.4, -0.2) is 154 Å². The van der Waals surface area contributed by atoms with Gasteiger partial charge in [-0.25, -0.2) is 0 Å². The van der Waals surface area contributed by atoms with Crippen LogP contribution in [0.3, 0.4) is 0 Å². The Labute approximate surface area is 787 Å². The molecule has 0 spiro atoms. The lowest BCUT2D eigenvalue weighted by molar-refractivity contribution is 0.338. The fourth-order valence-electron chi connectivity index (χ4n) is 30.2. The molecule has 0 atom stereocenters. The molecule has 0 bridgehead atoms. The van der Waals surface area contributed by atoms with E-state index < -0.39 is 22.2 Å². The summed E-state index contributed by atoms with van der Waals surface area (Å²) in [5.41, 5.74) is 21.4. The van der Waals surface area contributed by atoms with Crippen molar-refractivity contribution in [3.8, 4) is 0 Å². The monoisotopic (exact) mass is 1870 g/mol. The Balaban J connectivity index is 0.000000154. The second-order valence-electron chi connectivity index (χ2n) is 44.9. The summed E-state index contributed by atoms with van der Waals surface area (Å²) >= 11 is 0. The van der Waals surface area contributed by atoms with Crippen LogP contribution in [0.1, 0.15) is 578 Å². The second kappa shape index (κ2) is 67.6. The van der Waals surface area contributed by atoms with E-state index in [-0.39, 0.29) is 0 Å². The van der Waals surface area contributed by atoms with E-state index >= 15 is 0 Å². The summed E-state index contributed by atoms with van der Waals surface area (Å²) in [7, 11) is -5.69.